The summed E-state index contributed by atoms with van der Waals surface area (Å²) in [5.41, 5.74) is 0.780. The van der Waals surface area contributed by atoms with Crippen LogP contribution in [-0.2, 0) is 0 Å². The fourth-order valence-corrected chi connectivity index (χ4v) is 1.73. The van der Waals surface area contributed by atoms with E-state index in [0.717, 1.165) is 0 Å². The molecule has 2 aromatic rings. The SMILES string of the molecule is CC(CC#N)N(C)C(=O)c1cn(-c2ccc(F)cc2)nn1. The largest absolute Gasteiger partial charge is 0.337 e. The van der Waals surface area contributed by atoms with Gasteiger partial charge in [-0.1, -0.05) is 5.21 Å². The van der Waals surface area contributed by atoms with Crippen molar-refractivity contribution in [2.45, 2.75) is 19.4 Å². The first-order chi connectivity index (χ1) is 10.0. The average molecular weight is 287 g/mol. The van der Waals surface area contributed by atoms with Crippen molar-refractivity contribution in [1.82, 2.24) is 19.9 Å². The Bertz CT molecular complexity index is 673. The van der Waals surface area contributed by atoms with Crippen LogP contribution in [0.15, 0.2) is 30.5 Å². The maximum Gasteiger partial charge on any atom is 0.276 e. The van der Waals surface area contributed by atoms with Crippen LogP contribution in [0.1, 0.15) is 23.8 Å². The van der Waals surface area contributed by atoms with E-state index in [4.69, 9.17) is 5.26 Å². The van der Waals surface area contributed by atoms with Gasteiger partial charge in [0.1, 0.15) is 5.82 Å². The minimum absolute atomic E-state index is 0.173. The number of benzene rings is 1. The third-order valence-electron chi connectivity index (χ3n) is 3.17. The summed E-state index contributed by atoms with van der Waals surface area (Å²) in [4.78, 5) is 13.6. The summed E-state index contributed by atoms with van der Waals surface area (Å²) in [6.07, 6.45) is 1.72. The Balaban J connectivity index is 2.18. The highest BCUT2D eigenvalue weighted by Gasteiger charge is 2.20. The number of rotatable bonds is 4. The van der Waals surface area contributed by atoms with Crippen LogP contribution in [0.25, 0.3) is 5.69 Å². The third-order valence-corrected chi connectivity index (χ3v) is 3.17. The first kappa shape index (κ1) is 14.7. The predicted octanol–water partition coefficient (Wildman–Crippen LogP) is 1.78. The molecule has 7 heteroatoms. The van der Waals surface area contributed by atoms with Crippen LogP contribution in [0.5, 0.6) is 0 Å². The molecule has 0 aliphatic heterocycles. The second kappa shape index (κ2) is 6.13. The minimum Gasteiger partial charge on any atom is -0.337 e. The van der Waals surface area contributed by atoms with E-state index in [1.807, 2.05) is 6.07 Å². The van der Waals surface area contributed by atoms with Gasteiger partial charge in [0.05, 0.1) is 24.4 Å². The maximum atomic E-state index is 12.9. The van der Waals surface area contributed by atoms with E-state index in [-0.39, 0.29) is 29.9 Å². The van der Waals surface area contributed by atoms with Crippen molar-refractivity contribution in [3.8, 4) is 11.8 Å². The van der Waals surface area contributed by atoms with E-state index in [1.54, 1.807) is 26.1 Å². The highest BCUT2D eigenvalue weighted by molar-refractivity contribution is 5.92. The van der Waals surface area contributed by atoms with Crippen molar-refractivity contribution in [2.24, 2.45) is 0 Å². The Labute approximate surface area is 121 Å². The molecule has 0 spiro atoms. The molecule has 1 heterocycles. The smallest absolute Gasteiger partial charge is 0.276 e. The molecule has 0 bridgehead atoms. The van der Waals surface area contributed by atoms with Crippen molar-refractivity contribution in [1.29, 1.82) is 5.26 Å². The zero-order valence-electron chi connectivity index (χ0n) is 11.7. The number of nitrogens with zero attached hydrogens (tertiary/aromatic N) is 5. The van der Waals surface area contributed by atoms with E-state index in [0.29, 0.717) is 5.69 Å². The first-order valence-electron chi connectivity index (χ1n) is 6.35. The summed E-state index contributed by atoms with van der Waals surface area (Å²) < 4.78 is 14.3. The minimum atomic E-state index is -0.347. The van der Waals surface area contributed by atoms with Crippen LogP contribution in [0.3, 0.4) is 0 Å². The number of hydrogen-bond acceptors (Lipinski definition) is 4. The summed E-state index contributed by atoms with van der Waals surface area (Å²) in [5, 5.41) is 16.3. The maximum absolute atomic E-state index is 12.9. The Kier molecular flexibility index (Phi) is 4.28. The number of amides is 1. The lowest BCUT2D eigenvalue weighted by molar-refractivity contribution is 0.0740. The fraction of sp³-hybridized carbons (Fsp3) is 0.286. The van der Waals surface area contributed by atoms with Crippen molar-refractivity contribution >= 4 is 5.91 Å². The van der Waals surface area contributed by atoms with Crippen molar-refractivity contribution in [3.63, 3.8) is 0 Å². The molecule has 0 fully saturated rings. The van der Waals surface area contributed by atoms with Crippen LogP contribution >= 0.6 is 0 Å². The molecule has 0 aliphatic carbocycles. The van der Waals surface area contributed by atoms with E-state index >= 15 is 0 Å². The summed E-state index contributed by atoms with van der Waals surface area (Å²) in [7, 11) is 1.61. The highest BCUT2D eigenvalue weighted by Crippen LogP contribution is 2.10. The second-order valence-electron chi connectivity index (χ2n) is 4.65. The number of aromatic nitrogens is 3. The number of carbonyl (C=O) groups is 1. The van der Waals surface area contributed by atoms with E-state index < -0.39 is 0 Å². The quantitative estimate of drug-likeness (QED) is 0.859. The Morgan fingerprint density at radius 2 is 2.14 bits per heavy atom. The molecule has 1 aromatic heterocycles. The molecule has 0 saturated heterocycles. The lowest BCUT2D eigenvalue weighted by Gasteiger charge is -2.21. The monoisotopic (exact) mass is 287 g/mol. The van der Waals surface area contributed by atoms with Gasteiger partial charge in [0, 0.05) is 13.1 Å². The Morgan fingerprint density at radius 1 is 1.48 bits per heavy atom. The molecule has 2 rings (SSSR count). The van der Waals surface area contributed by atoms with E-state index in [9.17, 15) is 9.18 Å². The van der Waals surface area contributed by atoms with Crippen LogP contribution in [0.2, 0.25) is 0 Å². The third kappa shape index (κ3) is 3.23. The molecule has 0 saturated carbocycles. The predicted molar refractivity (Wildman–Crippen MR) is 73.1 cm³/mol. The summed E-state index contributed by atoms with van der Waals surface area (Å²) in [6, 6.07) is 7.50. The lowest BCUT2D eigenvalue weighted by atomic mass is 10.2. The van der Waals surface area contributed by atoms with Gasteiger partial charge >= 0.3 is 0 Å². The van der Waals surface area contributed by atoms with Gasteiger partial charge in [-0.3, -0.25) is 4.79 Å². The summed E-state index contributed by atoms with van der Waals surface area (Å²) in [5.74, 6) is -0.661. The van der Waals surface area contributed by atoms with Gasteiger partial charge in [0.2, 0.25) is 0 Å². The molecule has 0 N–H and O–H groups in total. The van der Waals surface area contributed by atoms with Crippen LogP contribution in [0.4, 0.5) is 4.39 Å². The molecule has 1 atom stereocenters. The van der Waals surface area contributed by atoms with Crippen LogP contribution < -0.4 is 0 Å². The molecule has 6 nitrogen and oxygen atoms in total. The molecular formula is C14H14FN5O. The van der Waals surface area contributed by atoms with Gasteiger partial charge in [-0.15, -0.1) is 5.10 Å². The number of halogens is 1. The Morgan fingerprint density at radius 3 is 2.76 bits per heavy atom. The standard InChI is InChI=1S/C14H14FN5O/c1-10(7-8-16)19(2)14(21)13-9-20(18-17-13)12-5-3-11(15)4-6-12/h3-6,9-10H,7H2,1-2H3. The van der Waals surface area contributed by atoms with Crippen molar-refractivity contribution in [3.05, 3.63) is 42.0 Å². The van der Waals surface area contributed by atoms with Crippen LogP contribution in [0, 0.1) is 17.1 Å². The van der Waals surface area contributed by atoms with E-state index in [1.165, 1.54) is 27.9 Å². The van der Waals surface area contributed by atoms with Crippen molar-refractivity contribution < 1.29 is 9.18 Å². The van der Waals surface area contributed by atoms with Gasteiger partial charge in [-0.2, -0.15) is 5.26 Å². The van der Waals surface area contributed by atoms with Crippen molar-refractivity contribution in [2.75, 3.05) is 7.05 Å². The molecule has 0 aliphatic rings. The number of hydrogen-bond donors (Lipinski definition) is 0. The number of nitriles is 1. The van der Waals surface area contributed by atoms with Gasteiger partial charge in [-0.25, -0.2) is 9.07 Å². The second-order valence-corrected chi connectivity index (χ2v) is 4.65. The van der Waals surface area contributed by atoms with Gasteiger partial charge < -0.3 is 4.90 Å². The lowest BCUT2D eigenvalue weighted by Crippen LogP contribution is -2.35. The fourth-order valence-electron chi connectivity index (χ4n) is 1.73. The molecule has 1 amide bonds. The normalized spacial score (nSPS) is 11.7. The zero-order chi connectivity index (χ0) is 15.4. The van der Waals surface area contributed by atoms with Gasteiger partial charge in [0.15, 0.2) is 5.69 Å². The first-order valence-corrected chi connectivity index (χ1v) is 6.35. The van der Waals surface area contributed by atoms with Crippen LogP contribution in [-0.4, -0.2) is 38.9 Å². The molecule has 1 unspecified atom stereocenters. The van der Waals surface area contributed by atoms with Gasteiger partial charge in [-0.05, 0) is 31.2 Å². The zero-order valence-corrected chi connectivity index (χ0v) is 11.7. The average Bonchev–Trinajstić information content (AvgIpc) is 2.96. The molecular weight excluding hydrogens is 273 g/mol. The van der Waals surface area contributed by atoms with Gasteiger partial charge in [0.25, 0.3) is 5.91 Å². The summed E-state index contributed by atoms with van der Waals surface area (Å²) >= 11 is 0. The van der Waals surface area contributed by atoms with E-state index in [2.05, 4.69) is 10.3 Å². The highest BCUT2D eigenvalue weighted by atomic mass is 19.1. The molecule has 108 valence electrons. The summed E-state index contributed by atoms with van der Waals surface area (Å²) in [6.45, 7) is 1.78. The molecule has 0 radical (unpaired) electrons. The number of carbonyl (C=O) groups excluding carboxylic acids is 1. The molecule has 21 heavy (non-hydrogen) atoms. The topological polar surface area (TPSA) is 74.8 Å². The Hall–Kier alpha value is -2.75. The molecule has 1 aromatic carbocycles.